The molecular formula is C15H14FNO2. The van der Waals surface area contributed by atoms with Crippen LogP contribution < -0.4 is 5.73 Å². The van der Waals surface area contributed by atoms with Gasteiger partial charge in [-0.1, -0.05) is 24.3 Å². The van der Waals surface area contributed by atoms with Crippen LogP contribution in [0, 0.1) is 5.82 Å². The van der Waals surface area contributed by atoms with Gasteiger partial charge in [0.15, 0.2) is 0 Å². The molecule has 2 N–H and O–H groups in total. The van der Waals surface area contributed by atoms with Gasteiger partial charge in [0.1, 0.15) is 5.82 Å². The van der Waals surface area contributed by atoms with Gasteiger partial charge in [-0.25, -0.2) is 4.39 Å². The van der Waals surface area contributed by atoms with Gasteiger partial charge in [-0.15, -0.1) is 0 Å². The molecule has 0 aromatic heterocycles. The van der Waals surface area contributed by atoms with E-state index in [0.29, 0.717) is 11.3 Å². The molecule has 19 heavy (non-hydrogen) atoms. The molecule has 2 rings (SSSR count). The molecule has 0 aliphatic rings. The van der Waals surface area contributed by atoms with Gasteiger partial charge in [-0.2, -0.15) is 0 Å². The number of carbonyl (C=O) groups is 1. The molecule has 4 heteroatoms. The Bertz CT molecular complexity index is 594. The van der Waals surface area contributed by atoms with E-state index in [0.717, 1.165) is 11.1 Å². The zero-order valence-electron chi connectivity index (χ0n) is 10.5. The van der Waals surface area contributed by atoms with Crippen LogP contribution >= 0.6 is 0 Å². The molecule has 0 atom stereocenters. The lowest BCUT2D eigenvalue weighted by atomic mass is 10.0. The van der Waals surface area contributed by atoms with E-state index in [-0.39, 0.29) is 18.2 Å². The van der Waals surface area contributed by atoms with E-state index in [4.69, 9.17) is 5.73 Å². The average Bonchev–Trinajstić information content (AvgIpc) is 2.40. The van der Waals surface area contributed by atoms with E-state index in [1.165, 1.54) is 13.2 Å². The third-order valence-corrected chi connectivity index (χ3v) is 2.83. The first kappa shape index (κ1) is 13.1. The fourth-order valence-corrected chi connectivity index (χ4v) is 1.81. The second-order valence-corrected chi connectivity index (χ2v) is 4.19. The Balaban J connectivity index is 2.25. The predicted molar refractivity (Wildman–Crippen MR) is 72.0 cm³/mol. The number of benzene rings is 2. The molecule has 0 radical (unpaired) electrons. The Morgan fingerprint density at radius 3 is 2.47 bits per heavy atom. The Labute approximate surface area is 110 Å². The van der Waals surface area contributed by atoms with Crippen LogP contribution in [0.5, 0.6) is 0 Å². The van der Waals surface area contributed by atoms with E-state index in [1.54, 1.807) is 36.4 Å². The van der Waals surface area contributed by atoms with Gasteiger partial charge in [0.05, 0.1) is 13.5 Å². The van der Waals surface area contributed by atoms with Crippen LogP contribution in [-0.4, -0.2) is 13.1 Å². The summed E-state index contributed by atoms with van der Waals surface area (Å²) in [5, 5.41) is 0. The second kappa shape index (κ2) is 5.52. The van der Waals surface area contributed by atoms with Gasteiger partial charge in [0, 0.05) is 11.3 Å². The SMILES string of the molecule is COC(=O)Cc1ccc(-c2ccc(N)cc2F)cc1. The van der Waals surface area contributed by atoms with Crippen LogP contribution in [0.4, 0.5) is 10.1 Å². The summed E-state index contributed by atoms with van der Waals surface area (Å²) in [6.07, 6.45) is 0.209. The molecular weight excluding hydrogens is 245 g/mol. The van der Waals surface area contributed by atoms with Gasteiger partial charge < -0.3 is 10.5 Å². The smallest absolute Gasteiger partial charge is 0.309 e. The molecule has 0 unspecified atom stereocenters. The first-order valence-electron chi connectivity index (χ1n) is 5.81. The van der Waals surface area contributed by atoms with Gasteiger partial charge in [0.25, 0.3) is 0 Å². The molecule has 0 aliphatic heterocycles. The molecule has 0 aliphatic carbocycles. The molecule has 0 heterocycles. The van der Waals surface area contributed by atoms with Gasteiger partial charge in [-0.05, 0) is 29.3 Å². The van der Waals surface area contributed by atoms with Crippen molar-refractivity contribution in [1.29, 1.82) is 0 Å². The summed E-state index contributed by atoms with van der Waals surface area (Å²) in [5.74, 6) is -0.660. The summed E-state index contributed by atoms with van der Waals surface area (Å²) in [6.45, 7) is 0. The molecule has 0 saturated heterocycles. The molecule has 98 valence electrons. The van der Waals surface area contributed by atoms with Crippen LogP contribution in [-0.2, 0) is 16.0 Å². The van der Waals surface area contributed by atoms with E-state index in [9.17, 15) is 9.18 Å². The molecule has 0 amide bonds. The van der Waals surface area contributed by atoms with Crippen LogP contribution in [0.3, 0.4) is 0 Å². The second-order valence-electron chi connectivity index (χ2n) is 4.19. The summed E-state index contributed by atoms with van der Waals surface area (Å²) in [7, 11) is 1.35. The van der Waals surface area contributed by atoms with Crippen molar-refractivity contribution in [3.63, 3.8) is 0 Å². The number of esters is 1. The monoisotopic (exact) mass is 259 g/mol. The van der Waals surface area contributed by atoms with Crippen molar-refractivity contribution in [3.8, 4) is 11.1 Å². The Morgan fingerprint density at radius 1 is 1.21 bits per heavy atom. The van der Waals surface area contributed by atoms with Crippen molar-refractivity contribution in [2.45, 2.75) is 6.42 Å². The van der Waals surface area contributed by atoms with Crippen molar-refractivity contribution in [2.24, 2.45) is 0 Å². The number of hydrogen-bond acceptors (Lipinski definition) is 3. The van der Waals surface area contributed by atoms with Crippen LogP contribution in [0.2, 0.25) is 0 Å². The topological polar surface area (TPSA) is 52.3 Å². The minimum atomic E-state index is -0.360. The molecule has 0 bridgehead atoms. The summed E-state index contributed by atoms with van der Waals surface area (Å²) in [6, 6.07) is 11.7. The Hall–Kier alpha value is -2.36. The fraction of sp³-hybridized carbons (Fsp3) is 0.133. The van der Waals surface area contributed by atoms with E-state index < -0.39 is 0 Å². The van der Waals surface area contributed by atoms with Gasteiger partial charge in [0.2, 0.25) is 0 Å². The third-order valence-electron chi connectivity index (χ3n) is 2.83. The summed E-state index contributed by atoms with van der Waals surface area (Å²) in [5.41, 5.74) is 7.95. The summed E-state index contributed by atoms with van der Waals surface area (Å²) in [4.78, 5) is 11.1. The maximum absolute atomic E-state index is 13.7. The van der Waals surface area contributed by atoms with Crippen molar-refractivity contribution < 1.29 is 13.9 Å². The highest BCUT2D eigenvalue weighted by Gasteiger charge is 2.07. The zero-order chi connectivity index (χ0) is 13.8. The summed E-state index contributed by atoms with van der Waals surface area (Å²) < 4.78 is 18.3. The van der Waals surface area contributed by atoms with Crippen LogP contribution in [0.1, 0.15) is 5.56 Å². The normalized spacial score (nSPS) is 10.2. The molecule has 2 aromatic carbocycles. The van der Waals surface area contributed by atoms with Crippen LogP contribution in [0.15, 0.2) is 42.5 Å². The largest absolute Gasteiger partial charge is 0.469 e. The molecule has 2 aromatic rings. The van der Waals surface area contributed by atoms with Crippen molar-refractivity contribution in [3.05, 3.63) is 53.8 Å². The van der Waals surface area contributed by atoms with Crippen molar-refractivity contribution in [1.82, 2.24) is 0 Å². The van der Waals surface area contributed by atoms with Crippen LogP contribution in [0.25, 0.3) is 11.1 Å². The molecule has 0 fully saturated rings. The Morgan fingerprint density at radius 2 is 1.89 bits per heavy atom. The zero-order valence-corrected chi connectivity index (χ0v) is 10.5. The first-order valence-corrected chi connectivity index (χ1v) is 5.81. The van der Waals surface area contributed by atoms with E-state index in [1.807, 2.05) is 0 Å². The lowest BCUT2D eigenvalue weighted by Crippen LogP contribution is -2.04. The molecule has 3 nitrogen and oxygen atoms in total. The minimum absolute atomic E-state index is 0.209. The van der Waals surface area contributed by atoms with Gasteiger partial charge >= 0.3 is 5.97 Å². The standard InChI is InChI=1S/C15H14FNO2/c1-19-15(18)8-10-2-4-11(5-3-10)13-7-6-12(17)9-14(13)16/h2-7,9H,8,17H2,1H3. The molecule has 0 spiro atoms. The highest BCUT2D eigenvalue weighted by molar-refractivity contribution is 5.73. The van der Waals surface area contributed by atoms with Gasteiger partial charge in [-0.3, -0.25) is 4.79 Å². The number of nitrogen functional groups attached to an aromatic ring is 1. The summed E-state index contributed by atoms with van der Waals surface area (Å²) >= 11 is 0. The quantitative estimate of drug-likeness (QED) is 0.681. The van der Waals surface area contributed by atoms with Crippen molar-refractivity contribution >= 4 is 11.7 Å². The highest BCUT2D eigenvalue weighted by Crippen LogP contribution is 2.24. The average molecular weight is 259 g/mol. The number of nitrogens with two attached hydrogens (primary N) is 1. The first-order chi connectivity index (χ1) is 9.10. The Kier molecular flexibility index (Phi) is 3.80. The number of rotatable bonds is 3. The van der Waals surface area contributed by atoms with Crippen molar-refractivity contribution in [2.75, 3.05) is 12.8 Å². The highest BCUT2D eigenvalue weighted by atomic mass is 19.1. The van der Waals surface area contributed by atoms with E-state index in [2.05, 4.69) is 4.74 Å². The third kappa shape index (κ3) is 3.10. The fourth-order valence-electron chi connectivity index (χ4n) is 1.81. The maximum atomic E-state index is 13.7. The number of halogens is 1. The van der Waals surface area contributed by atoms with E-state index >= 15 is 0 Å². The minimum Gasteiger partial charge on any atom is -0.469 e. The molecule has 0 saturated carbocycles. The number of hydrogen-bond donors (Lipinski definition) is 1. The number of anilines is 1. The lowest BCUT2D eigenvalue weighted by Gasteiger charge is -2.06. The maximum Gasteiger partial charge on any atom is 0.309 e. The number of carbonyl (C=O) groups excluding carboxylic acids is 1. The number of methoxy groups -OCH3 is 1. The predicted octanol–water partition coefficient (Wildman–Crippen LogP) is 2.79. The number of ether oxygens (including phenoxy) is 1. The lowest BCUT2D eigenvalue weighted by molar-refractivity contribution is -0.139.